The maximum atomic E-state index is 11.4. The number of benzene rings is 1. The van der Waals surface area contributed by atoms with Crippen molar-refractivity contribution in [3.8, 4) is 0 Å². The number of para-hydroxylation sites is 2. The lowest BCUT2D eigenvalue weighted by molar-refractivity contribution is -0.138. The van der Waals surface area contributed by atoms with Crippen LogP contribution in [0.3, 0.4) is 0 Å². The number of aliphatic imine (C=N–C) groups is 1. The Kier molecular flexibility index (Phi) is 3.56. The smallest absolute Gasteiger partial charge is 0.325 e. The van der Waals surface area contributed by atoms with E-state index >= 15 is 0 Å². The standard InChI is InChI=1S/C12H13N3O2.BrH/c1-17-11(16)8-15-10-5-3-2-4-9(10)14-7-6-13-12(14)15;/h2-5H,6-8H2,1H3;1H. The van der Waals surface area contributed by atoms with E-state index in [1.165, 1.54) is 7.11 Å². The first kappa shape index (κ1) is 12.9. The number of hydrogen-bond donors (Lipinski definition) is 0. The van der Waals surface area contributed by atoms with Crippen molar-refractivity contribution in [2.24, 2.45) is 4.99 Å². The number of guanidine groups is 1. The third-order valence-corrected chi connectivity index (χ3v) is 3.04. The highest BCUT2D eigenvalue weighted by Crippen LogP contribution is 2.38. The van der Waals surface area contributed by atoms with E-state index in [1.807, 2.05) is 29.2 Å². The van der Waals surface area contributed by atoms with Crippen LogP contribution in [0.5, 0.6) is 0 Å². The Balaban J connectivity index is 0.00000120. The van der Waals surface area contributed by atoms with E-state index in [1.54, 1.807) is 0 Å². The van der Waals surface area contributed by atoms with Crippen LogP contribution < -0.4 is 9.80 Å². The second kappa shape index (κ2) is 4.97. The third-order valence-electron chi connectivity index (χ3n) is 3.04. The van der Waals surface area contributed by atoms with Gasteiger partial charge in [-0.3, -0.25) is 14.7 Å². The van der Waals surface area contributed by atoms with Gasteiger partial charge in [-0.25, -0.2) is 0 Å². The normalized spacial score (nSPS) is 15.7. The molecule has 3 rings (SSSR count). The van der Waals surface area contributed by atoms with Gasteiger partial charge < -0.3 is 9.64 Å². The largest absolute Gasteiger partial charge is 0.468 e. The minimum absolute atomic E-state index is 0. The lowest BCUT2D eigenvalue weighted by Gasteiger charge is -2.17. The van der Waals surface area contributed by atoms with Gasteiger partial charge in [0.15, 0.2) is 0 Å². The lowest BCUT2D eigenvalue weighted by atomic mass is 10.2. The molecule has 0 aromatic heterocycles. The second-order valence-corrected chi connectivity index (χ2v) is 3.98. The van der Waals surface area contributed by atoms with Crippen molar-refractivity contribution in [2.45, 2.75) is 0 Å². The molecule has 6 heteroatoms. The Morgan fingerprint density at radius 2 is 2.11 bits per heavy atom. The first-order valence-corrected chi connectivity index (χ1v) is 5.56. The maximum Gasteiger partial charge on any atom is 0.325 e. The number of carbonyl (C=O) groups is 1. The molecule has 0 unspecified atom stereocenters. The van der Waals surface area contributed by atoms with E-state index in [-0.39, 0.29) is 29.5 Å². The molecule has 1 aromatic carbocycles. The number of hydrogen-bond acceptors (Lipinski definition) is 5. The minimum Gasteiger partial charge on any atom is -0.468 e. The van der Waals surface area contributed by atoms with E-state index < -0.39 is 0 Å². The Morgan fingerprint density at radius 3 is 2.83 bits per heavy atom. The summed E-state index contributed by atoms with van der Waals surface area (Å²) in [6, 6.07) is 8.01. The van der Waals surface area contributed by atoms with Gasteiger partial charge >= 0.3 is 5.97 Å². The van der Waals surface area contributed by atoms with Gasteiger partial charge in [-0.1, -0.05) is 12.1 Å². The minimum atomic E-state index is -0.253. The molecule has 0 N–H and O–H groups in total. The van der Waals surface area contributed by atoms with Crippen LogP contribution in [0, 0.1) is 0 Å². The van der Waals surface area contributed by atoms with Crippen LogP contribution in [0.15, 0.2) is 29.3 Å². The monoisotopic (exact) mass is 311 g/mol. The van der Waals surface area contributed by atoms with Gasteiger partial charge in [-0.05, 0) is 12.1 Å². The first-order valence-electron chi connectivity index (χ1n) is 5.56. The Labute approximate surface area is 116 Å². The average molecular weight is 312 g/mol. The number of carbonyl (C=O) groups excluding carboxylic acids is 1. The molecule has 0 aliphatic carbocycles. The van der Waals surface area contributed by atoms with E-state index in [4.69, 9.17) is 4.74 Å². The summed E-state index contributed by atoms with van der Waals surface area (Å²) in [6.07, 6.45) is 0. The van der Waals surface area contributed by atoms with Crippen LogP contribution in [0.25, 0.3) is 0 Å². The SMILES string of the molecule is Br.COC(=O)CN1C2=NCCN2c2ccccc21. The molecule has 1 aromatic rings. The van der Waals surface area contributed by atoms with Crippen molar-refractivity contribution >= 4 is 40.3 Å². The van der Waals surface area contributed by atoms with Crippen molar-refractivity contribution in [1.29, 1.82) is 0 Å². The van der Waals surface area contributed by atoms with Gasteiger partial charge in [0.05, 0.1) is 25.0 Å². The molecule has 0 saturated heterocycles. The number of methoxy groups -OCH3 is 1. The summed E-state index contributed by atoms with van der Waals surface area (Å²) < 4.78 is 4.72. The third kappa shape index (κ3) is 1.86. The van der Waals surface area contributed by atoms with E-state index in [9.17, 15) is 4.79 Å². The number of ether oxygens (including phenoxy) is 1. The van der Waals surface area contributed by atoms with Gasteiger partial charge in [0.25, 0.3) is 0 Å². The number of anilines is 2. The van der Waals surface area contributed by atoms with Gasteiger partial charge in [0, 0.05) is 6.54 Å². The highest BCUT2D eigenvalue weighted by Gasteiger charge is 2.35. The van der Waals surface area contributed by atoms with Gasteiger partial charge in [-0.2, -0.15) is 0 Å². The van der Waals surface area contributed by atoms with Gasteiger partial charge in [-0.15, -0.1) is 17.0 Å². The molecule has 0 bridgehead atoms. The molecule has 0 atom stereocenters. The van der Waals surface area contributed by atoms with Crippen LogP contribution in [-0.2, 0) is 9.53 Å². The fourth-order valence-corrected chi connectivity index (χ4v) is 2.27. The molecule has 96 valence electrons. The number of fused-ring (bicyclic) bond motifs is 3. The zero-order chi connectivity index (χ0) is 11.8. The fourth-order valence-electron chi connectivity index (χ4n) is 2.27. The molecular weight excluding hydrogens is 298 g/mol. The summed E-state index contributed by atoms with van der Waals surface area (Å²) in [5, 5.41) is 0. The Morgan fingerprint density at radius 1 is 1.39 bits per heavy atom. The molecule has 2 heterocycles. The predicted molar refractivity (Wildman–Crippen MR) is 75.8 cm³/mol. The van der Waals surface area contributed by atoms with Crippen LogP contribution in [0.4, 0.5) is 11.4 Å². The summed E-state index contributed by atoms with van der Waals surface area (Å²) in [5.74, 6) is 0.604. The fraction of sp³-hybridized carbons (Fsp3) is 0.333. The lowest BCUT2D eigenvalue weighted by Crippen LogP contribution is -2.38. The summed E-state index contributed by atoms with van der Waals surface area (Å²) >= 11 is 0. The summed E-state index contributed by atoms with van der Waals surface area (Å²) in [5.41, 5.74) is 2.14. The number of esters is 1. The number of halogens is 1. The Bertz CT molecular complexity index is 504. The van der Waals surface area contributed by atoms with Gasteiger partial charge in [0.1, 0.15) is 6.54 Å². The van der Waals surface area contributed by atoms with Crippen molar-refractivity contribution in [1.82, 2.24) is 0 Å². The number of rotatable bonds is 2. The average Bonchev–Trinajstić information content (AvgIpc) is 2.93. The zero-order valence-corrected chi connectivity index (χ0v) is 11.7. The van der Waals surface area contributed by atoms with Crippen molar-refractivity contribution in [2.75, 3.05) is 36.5 Å². The van der Waals surface area contributed by atoms with Crippen molar-refractivity contribution in [3.05, 3.63) is 24.3 Å². The van der Waals surface area contributed by atoms with E-state index in [0.29, 0.717) is 0 Å². The molecule has 2 aliphatic rings. The molecular formula is C12H14BrN3O2. The molecule has 0 amide bonds. The van der Waals surface area contributed by atoms with Crippen LogP contribution in [-0.4, -0.2) is 38.7 Å². The summed E-state index contributed by atoms with van der Waals surface area (Å²) in [4.78, 5) is 19.9. The Hall–Kier alpha value is -1.56. The van der Waals surface area contributed by atoms with Crippen LogP contribution in [0.2, 0.25) is 0 Å². The summed E-state index contributed by atoms with van der Waals surface area (Å²) in [7, 11) is 1.40. The second-order valence-electron chi connectivity index (χ2n) is 3.98. The summed E-state index contributed by atoms with van der Waals surface area (Å²) in [6.45, 7) is 1.87. The molecule has 2 aliphatic heterocycles. The van der Waals surface area contributed by atoms with E-state index in [2.05, 4.69) is 9.89 Å². The molecule has 0 fully saturated rings. The molecule has 0 spiro atoms. The molecule has 5 nitrogen and oxygen atoms in total. The quantitative estimate of drug-likeness (QED) is 0.775. The first-order chi connectivity index (χ1) is 8.31. The topological polar surface area (TPSA) is 45.1 Å². The molecule has 0 saturated carbocycles. The highest BCUT2D eigenvalue weighted by molar-refractivity contribution is 8.93. The highest BCUT2D eigenvalue weighted by atomic mass is 79.9. The maximum absolute atomic E-state index is 11.4. The van der Waals surface area contributed by atoms with Crippen LogP contribution in [0.1, 0.15) is 0 Å². The van der Waals surface area contributed by atoms with Gasteiger partial charge in [0.2, 0.25) is 5.96 Å². The molecule has 0 radical (unpaired) electrons. The molecule has 18 heavy (non-hydrogen) atoms. The zero-order valence-electron chi connectivity index (χ0n) is 10.00. The van der Waals surface area contributed by atoms with Crippen LogP contribution >= 0.6 is 17.0 Å². The van der Waals surface area contributed by atoms with E-state index in [0.717, 1.165) is 30.4 Å². The predicted octanol–water partition coefficient (Wildman–Crippen LogP) is 1.43. The van der Waals surface area contributed by atoms with Crippen molar-refractivity contribution < 1.29 is 9.53 Å². The van der Waals surface area contributed by atoms with Crippen molar-refractivity contribution in [3.63, 3.8) is 0 Å². The number of nitrogens with zero attached hydrogens (tertiary/aromatic N) is 3.